The number of hydrogen-bond acceptors (Lipinski definition) is 1. The number of halogens is 1. The molecule has 1 nitrogen and oxygen atoms in total. The highest BCUT2D eigenvalue weighted by molar-refractivity contribution is 5.85. The van der Waals surface area contributed by atoms with Crippen molar-refractivity contribution in [2.24, 2.45) is 5.73 Å². The Bertz CT molecular complexity index is 208. The second-order valence-corrected chi connectivity index (χ2v) is 6.04. The van der Waals surface area contributed by atoms with E-state index in [9.17, 15) is 0 Å². The van der Waals surface area contributed by atoms with E-state index in [-0.39, 0.29) is 12.4 Å². The summed E-state index contributed by atoms with van der Waals surface area (Å²) >= 11 is 0. The zero-order valence-corrected chi connectivity index (χ0v) is 15.5. The van der Waals surface area contributed by atoms with E-state index >= 15 is 0 Å². The fourth-order valence-electron chi connectivity index (χ4n) is 2.72. The van der Waals surface area contributed by atoms with Crippen LogP contribution in [0.4, 0.5) is 0 Å². The molecule has 128 valence electrons. The number of hydrogen-bond donors (Lipinski definition) is 1. The lowest BCUT2D eigenvalue weighted by Gasteiger charge is -2.03. The molecule has 0 aliphatic carbocycles. The summed E-state index contributed by atoms with van der Waals surface area (Å²) in [4.78, 5) is 0. The molecule has 0 aromatic heterocycles. The lowest BCUT2D eigenvalue weighted by atomic mass is 10.0. The van der Waals surface area contributed by atoms with Crippen LogP contribution in [0.1, 0.15) is 104 Å². The third kappa shape index (κ3) is 17.9. The van der Waals surface area contributed by atoms with Gasteiger partial charge in [-0.15, -0.1) is 12.4 Å². The summed E-state index contributed by atoms with van der Waals surface area (Å²) < 4.78 is 0. The third-order valence-electron chi connectivity index (χ3n) is 4.25. The lowest BCUT2D eigenvalue weighted by Crippen LogP contribution is -1.97. The molecular formula is C19H40ClN. The standard InChI is InChI=1S/C19H39N.ClH/c1-3-19(4-2)17-15-13-11-9-7-5-6-8-10-12-14-16-18-20;/h17H,3-16,18,20H2,1-2H3;1H. The van der Waals surface area contributed by atoms with Crippen LogP contribution in [0.2, 0.25) is 0 Å². The van der Waals surface area contributed by atoms with Gasteiger partial charge >= 0.3 is 0 Å². The molecule has 0 bridgehead atoms. The molecule has 0 saturated carbocycles. The van der Waals surface area contributed by atoms with Gasteiger partial charge in [0.05, 0.1) is 0 Å². The summed E-state index contributed by atoms with van der Waals surface area (Å²) in [5, 5.41) is 0. The van der Waals surface area contributed by atoms with Crippen molar-refractivity contribution in [3.05, 3.63) is 11.6 Å². The molecule has 0 aromatic rings. The first-order valence-corrected chi connectivity index (χ1v) is 9.23. The number of nitrogens with two attached hydrogens (primary N) is 1. The number of rotatable bonds is 15. The summed E-state index contributed by atoms with van der Waals surface area (Å²) in [5.41, 5.74) is 7.13. The maximum Gasteiger partial charge on any atom is -0.00773 e. The lowest BCUT2D eigenvalue weighted by molar-refractivity contribution is 0.547. The second-order valence-electron chi connectivity index (χ2n) is 6.04. The first-order chi connectivity index (χ1) is 9.85. The Morgan fingerprint density at radius 2 is 1.05 bits per heavy atom. The summed E-state index contributed by atoms with van der Waals surface area (Å²) in [7, 11) is 0. The Morgan fingerprint density at radius 3 is 1.43 bits per heavy atom. The molecule has 0 rings (SSSR count). The zero-order valence-electron chi connectivity index (χ0n) is 14.7. The Hall–Kier alpha value is -0.0100. The normalized spacial score (nSPS) is 10.2. The van der Waals surface area contributed by atoms with Gasteiger partial charge in [-0.1, -0.05) is 83.3 Å². The van der Waals surface area contributed by atoms with Crippen LogP contribution in [0.25, 0.3) is 0 Å². The Morgan fingerprint density at radius 1 is 0.667 bits per heavy atom. The van der Waals surface area contributed by atoms with Crippen LogP contribution < -0.4 is 5.73 Å². The van der Waals surface area contributed by atoms with Gasteiger partial charge in [0, 0.05) is 0 Å². The van der Waals surface area contributed by atoms with Crippen molar-refractivity contribution in [1.29, 1.82) is 0 Å². The summed E-state index contributed by atoms with van der Waals surface area (Å²) in [5.74, 6) is 0. The molecule has 0 saturated heterocycles. The molecule has 2 heteroatoms. The van der Waals surface area contributed by atoms with Crippen molar-refractivity contribution < 1.29 is 0 Å². The minimum absolute atomic E-state index is 0. The van der Waals surface area contributed by atoms with Crippen molar-refractivity contribution >= 4 is 12.4 Å². The monoisotopic (exact) mass is 317 g/mol. The van der Waals surface area contributed by atoms with Gasteiger partial charge in [0.15, 0.2) is 0 Å². The van der Waals surface area contributed by atoms with Gasteiger partial charge in [0.1, 0.15) is 0 Å². The van der Waals surface area contributed by atoms with Crippen LogP contribution in [-0.2, 0) is 0 Å². The molecule has 0 unspecified atom stereocenters. The fraction of sp³-hybridized carbons (Fsp3) is 0.895. The predicted octanol–water partition coefficient (Wildman–Crippen LogP) is 6.79. The maximum absolute atomic E-state index is 5.49. The Balaban J connectivity index is 0. The quantitative estimate of drug-likeness (QED) is 0.261. The Kier molecular flexibility index (Phi) is 22.1. The largest absolute Gasteiger partial charge is 0.330 e. The average molecular weight is 318 g/mol. The first kappa shape index (κ1) is 23.3. The van der Waals surface area contributed by atoms with E-state index in [0.717, 1.165) is 6.54 Å². The van der Waals surface area contributed by atoms with E-state index in [1.165, 1.54) is 89.9 Å². The predicted molar refractivity (Wildman–Crippen MR) is 100 cm³/mol. The van der Waals surface area contributed by atoms with Gasteiger partial charge in [-0.05, 0) is 38.6 Å². The van der Waals surface area contributed by atoms with Crippen LogP contribution in [0.5, 0.6) is 0 Å². The topological polar surface area (TPSA) is 26.0 Å². The first-order valence-electron chi connectivity index (χ1n) is 9.23. The SMILES string of the molecule is CCC(=CCCCCCCCCCCCCCN)CC.Cl. The molecule has 0 radical (unpaired) electrons. The van der Waals surface area contributed by atoms with Gasteiger partial charge < -0.3 is 5.73 Å². The van der Waals surface area contributed by atoms with Gasteiger partial charge in [-0.25, -0.2) is 0 Å². The highest BCUT2D eigenvalue weighted by Crippen LogP contribution is 2.13. The van der Waals surface area contributed by atoms with Gasteiger partial charge in [-0.2, -0.15) is 0 Å². The average Bonchev–Trinajstić information content (AvgIpc) is 2.48. The van der Waals surface area contributed by atoms with Crippen molar-refractivity contribution in [3.63, 3.8) is 0 Å². The molecule has 0 spiro atoms. The van der Waals surface area contributed by atoms with E-state index in [4.69, 9.17) is 5.73 Å². The van der Waals surface area contributed by atoms with Crippen LogP contribution in [-0.4, -0.2) is 6.54 Å². The molecule has 0 amide bonds. The van der Waals surface area contributed by atoms with Crippen LogP contribution >= 0.6 is 12.4 Å². The summed E-state index contributed by atoms with van der Waals surface area (Å²) in [6, 6.07) is 0. The maximum atomic E-state index is 5.49. The van der Waals surface area contributed by atoms with Crippen LogP contribution in [0.15, 0.2) is 11.6 Å². The molecule has 0 aliphatic rings. The van der Waals surface area contributed by atoms with E-state index in [0.29, 0.717) is 0 Å². The van der Waals surface area contributed by atoms with E-state index in [1.54, 1.807) is 5.57 Å². The van der Waals surface area contributed by atoms with Crippen LogP contribution in [0.3, 0.4) is 0 Å². The molecular weight excluding hydrogens is 278 g/mol. The second kappa shape index (κ2) is 20.0. The minimum Gasteiger partial charge on any atom is -0.330 e. The Labute approximate surface area is 140 Å². The number of unbranched alkanes of at least 4 members (excludes halogenated alkanes) is 11. The number of allylic oxidation sites excluding steroid dienone is 2. The highest BCUT2D eigenvalue weighted by atomic mass is 35.5. The molecule has 0 heterocycles. The fourth-order valence-corrected chi connectivity index (χ4v) is 2.72. The molecule has 0 aliphatic heterocycles. The third-order valence-corrected chi connectivity index (χ3v) is 4.25. The molecule has 0 fully saturated rings. The smallest absolute Gasteiger partial charge is 0.00773 e. The van der Waals surface area contributed by atoms with Gasteiger partial charge in [-0.3, -0.25) is 0 Å². The van der Waals surface area contributed by atoms with Crippen molar-refractivity contribution in [2.45, 2.75) is 104 Å². The van der Waals surface area contributed by atoms with Gasteiger partial charge in [0.2, 0.25) is 0 Å². The highest BCUT2D eigenvalue weighted by Gasteiger charge is 1.94. The molecule has 0 aromatic carbocycles. The van der Waals surface area contributed by atoms with E-state index < -0.39 is 0 Å². The van der Waals surface area contributed by atoms with E-state index in [2.05, 4.69) is 19.9 Å². The molecule has 0 atom stereocenters. The summed E-state index contributed by atoms with van der Waals surface area (Å²) in [6.45, 7) is 5.41. The molecule has 2 N–H and O–H groups in total. The van der Waals surface area contributed by atoms with Crippen LogP contribution in [0, 0.1) is 0 Å². The summed E-state index contributed by atoms with van der Waals surface area (Å²) in [6.07, 6.45) is 21.6. The van der Waals surface area contributed by atoms with Crippen molar-refractivity contribution in [1.82, 2.24) is 0 Å². The minimum atomic E-state index is 0. The molecule has 21 heavy (non-hydrogen) atoms. The van der Waals surface area contributed by atoms with E-state index in [1.807, 2.05) is 0 Å². The zero-order chi connectivity index (χ0) is 14.9. The van der Waals surface area contributed by atoms with Crippen molar-refractivity contribution in [2.75, 3.05) is 6.54 Å². The van der Waals surface area contributed by atoms with Crippen molar-refractivity contribution in [3.8, 4) is 0 Å². The van der Waals surface area contributed by atoms with Gasteiger partial charge in [0.25, 0.3) is 0 Å².